The molecule has 1 rings (SSSR count). The third-order valence-corrected chi connectivity index (χ3v) is 1.96. The van der Waals surface area contributed by atoms with Crippen LogP contribution in [0.5, 0.6) is 5.75 Å². The summed E-state index contributed by atoms with van der Waals surface area (Å²) in [7, 11) is 0. The molecule has 76 valence electrons. The van der Waals surface area contributed by atoms with Gasteiger partial charge in [-0.15, -0.1) is 0 Å². The van der Waals surface area contributed by atoms with Crippen molar-refractivity contribution in [2.24, 2.45) is 5.73 Å². The average molecular weight is 191 g/mol. The Morgan fingerprint density at radius 1 is 1.36 bits per heavy atom. The van der Waals surface area contributed by atoms with E-state index in [0.29, 0.717) is 13.2 Å². The average Bonchev–Trinajstić information content (AvgIpc) is 2.21. The molecule has 0 aliphatic carbocycles. The largest absolute Gasteiger partial charge is 0.489 e. The van der Waals surface area contributed by atoms with Crippen molar-refractivity contribution in [2.75, 3.05) is 13.2 Å². The number of rotatable bonds is 5. The molecule has 0 radical (unpaired) electrons. The van der Waals surface area contributed by atoms with E-state index in [-0.39, 0.29) is 0 Å². The normalized spacial score (nSPS) is 10.7. The summed E-state index contributed by atoms with van der Waals surface area (Å²) in [6.07, 6.45) is 4.83. The summed E-state index contributed by atoms with van der Waals surface area (Å²) in [6, 6.07) is 8.02. The van der Waals surface area contributed by atoms with Gasteiger partial charge >= 0.3 is 0 Å². The molecule has 0 saturated carbocycles. The molecule has 0 spiro atoms. The molecule has 14 heavy (non-hydrogen) atoms. The summed E-state index contributed by atoms with van der Waals surface area (Å²) in [4.78, 5) is 0. The Bertz CT molecular complexity index is 294. The van der Waals surface area contributed by atoms with Gasteiger partial charge in [-0.05, 0) is 31.5 Å². The second kappa shape index (κ2) is 6.22. The van der Waals surface area contributed by atoms with E-state index in [0.717, 1.165) is 12.2 Å². The van der Waals surface area contributed by atoms with Crippen LogP contribution in [0.2, 0.25) is 0 Å². The topological polar surface area (TPSA) is 35.2 Å². The molecule has 0 unspecified atom stereocenters. The van der Waals surface area contributed by atoms with Gasteiger partial charge in [0.15, 0.2) is 0 Å². The highest BCUT2D eigenvalue weighted by molar-refractivity contribution is 5.33. The van der Waals surface area contributed by atoms with Crippen molar-refractivity contribution in [1.82, 2.24) is 0 Å². The maximum Gasteiger partial charge on any atom is 0.123 e. The molecule has 0 aromatic heterocycles. The van der Waals surface area contributed by atoms with Crippen LogP contribution in [0.25, 0.3) is 0 Å². The first-order valence-corrected chi connectivity index (χ1v) is 4.90. The lowest BCUT2D eigenvalue weighted by Gasteiger charge is -2.08. The molecule has 1 aromatic carbocycles. The van der Waals surface area contributed by atoms with Gasteiger partial charge in [0.2, 0.25) is 0 Å². The van der Waals surface area contributed by atoms with Crippen LogP contribution in [0.1, 0.15) is 12.5 Å². The highest BCUT2D eigenvalue weighted by Crippen LogP contribution is 2.17. The number of allylic oxidation sites excluding steroid dienone is 1. The van der Waals surface area contributed by atoms with Crippen LogP contribution in [0.4, 0.5) is 0 Å². The number of hydrogen-bond donors (Lipinski definition) is 1. The Labute approximate surface area is 85.4 Å². The fourth-order valence-corrected chi connectivity index (χ4v) is 1.24. The maximum absolute atomic E-state index is 5.59. The first-order valence-electron chi connectivity index (χ1n) is 4.90. The van der Waals surface area contributed by atoms with Gasteiger partial charge in [-0.2, -0.15) is 0 Å². The third-order valence-electron chi connectivity index (χ3n) is 1.96. The quantitative estimate of drug-likeness (QED) is 0.724. The van der Waals surface area contributed by atoms with Gasteiger partial charge in [-0.1, -0.05) is 30.4 Å². The zero-order valence-electron chi connectivity index (χ0n) is 8.57. The van der Waals surface area contributed by atoms with Crippen LogP contribution in [0, 0.1) is 0 Å². The van der Waals surface area contributed by atoms with E-state index in [9.17, 15) is 0 Å². The van der Waals surface area contributed by atoms with Crippen LogP contribution in [0.15, 0.2) is 36.4 Å². The number of nitrogens with two attached hydrogens (primary N) is 1. The lowest BCUT2D eigenvalue weighted by Crippen LogP contribution is -2.05. The molecule has 0 heterocycles. The smallest absolute Gasteiger partial charge is 0.123 e. The molecule has 0 fully saturated rings. The minimum atomic E-state index is 0.623. The fraction of sp³-hybridized carbons (Fsp3) is 0.333. The maximum atomic E-state index is 5.59. The molecular weight excluding hydrogens is 174 g/mol. The molecule has 0 amide bonds. The first kappa shape index (κ1) is 10.8. The van der Waals surface area contributed by atoms with Crippen molar-refractivity contribution in [3.8, 4) is 5.75 Å². The minimum absolute atomic E-state index is 0.623. The van der Waals surface area contributed by atoms with Gasteiger partial charge < -0.3 is 10.5 Å². The minimum Gasteiger partial charge on any atom is -0.489 e. The molecule has 1 aromatic rings. The molecule has 2 heteroatoms. The van der Waals surface area contributed by atoms with Crippen LogP contribution >= 0.6 is 0 Å². The van der Waals surface area contributed by atoms with Crippen molar-refractivity contribution >= 4 is 0 Å². The van der Waals surface area contributed by atoms with E-state index in [1.165, 1.54) is 5.56 Å². The van der Waals surface area contributed by atoms with Gasteiger partial charge in [0.05, 0.1) is 0 Å². The third kappa shape index (κ3) is 3.23. The SMILES string of the molecule is C/C=C/COc1ccccc1CCN. The van der Waals surface area contributed by atoms with E-state index in [4.69, 9.17) is 10.5 Å². The van der Waals surface area contributed by atoms with Crippen molar-refractivity contribution in [2.45, 2.75) is 13.3 Å². The molecule has 0 bridgehead atoms. The van der Waals surface area contributed by atoms with Gasteiger partial charge in [-0.3, -0.25) is 0 Å². The predicted octanol–water partition coefficient (Wildman–Crippen LogP) is 2.14. The van der Waals surface area contributed by atoms with E-state index >= 15 is 0 Å². The zero-order valence-corrected chi connectivity index (χ0v) is 8.57. The van der Waals surface area contributed by atoms with Gasteiger partial charge in [-0.25, -0.2) is 0 Å². The van der Waals surface area contributed by atoms with Crippen molar-refractivity contribution in [3.05, 3.63) is 42.0 Å². The summed E-state index contributed by atoms with van der Waals surface area (Å²) in [5, 5.41) is 0. The summed E-state index contributed by atoms with van der Waals surface area (Å²) < 4.78 is 5.59. The first-order chi connectivity index (χ1) is 6.88. The van der Waals surface area contributed by atoms with Crippen molar-refractivity contribution in [1.29, 1.82) is 0 Å². The number of hydrogen-bond acceptors (Lipinski definition) is 2. The summed E-state index contributed by atoms with van der Waals surface area (Å²) in [6.45, 7) is 3.26. The monoisotopic (exact) mass is 191 g/mol. The number of benzene rings is 1. The molecule has 0 saturated heterocycles. The predicted molar refractivity (Wildman–Crippen MR) is 59.5 cm³/mol. The van der Waals surface area contributed by atoms with Crippen LogP contribution in [0.3, 0.4) is 0 Å². The van der Waals surface area contributed by atoms with Crippen LogP contribution < -0.4 is 10.5 Å². The Kier molecular flexibility index (Phi) is 4.79. The van der Waals surface area contributed by atoms with Crippen molar-refractivity contribution < 1.29 is 4.74 Å². The Morgan fingerprint density at radius 2 is 2.14 bits per heavy atom. The van der Waals surface area contributed by atoms with Gasteiger partial charge in [0.1, 0.15) is 12.4 Å². The Morgan fingerprint density at radius 3 is 2.86 bits per heavy atom. The number of para-hydroxylation sites is 1. The molecule has 2 N–H and O–H groups in total. The standard InChI is InChI=1S/C12H17NO/c1-2-3-10-14-12-7-5-4-6-11(12)8-9-13/h2-7H,8-10,13H2,1H3/b3-2+. The molecule has 0 aliphatic rings. The molecule has 2 nitrogen and oxygen atoms in total. The summed E-state index contributed by atoms with van der Waals surface area (Å²) in [5.41, 5.74) is 6.69. The van der Waals surface area contributed by atoms with Crippen LogP contribution in [-0.2, 0) is 6.42 Å². The highest BCUT2D eigenvalue weighted by Gasteiger charge is 1.99. The lowest BCUT2D eigenvalue weighted by atomic mass is 10.1. The molecule has 0 aliphatic heterocycles. The summed E-state index contributed by atoms with van der Waals surface area (Å²) in [5.74, 6) is 0.941. The van der Waals surface area contributed by atoms with Gasteiger partial charge in [0.25, 0.3) is 0 Å². The van der Waals surface area contributed by atoms with Crippen LogP contribution in [-0.4, -0.2) is 13.2 Å². The summed E-state index contributed by atoms with van der Waals surface area (Å²) >= 11 is 0. The van der Waals surface area contributed by atoms with E-state index in [1.54, 1.807) is 0 Å². The van der Waals surface area contributed by atoms with E-state index < -0.39 is 0 Å². The molecule has 0 atom stereocenters. The Hall–Kier alpha value is -1.28. The number of ether oxygens (including phenoxy) is 1. The van der Waals surface area contributed by atoms with E-state index in [1.807, 2.05) is 37.3 Å². The van der Waals surface area contributed by atoms with E-state index in [2.05, 4.69) is 6.07 Å². The second-order valence-electron chi connectivity index (χ2n) is 3.03. The highest BCUT2D eigenvalue weighted by atomic mass is 16.5. The Balaban J connectivity index is 2.63. The second-order valence-corrected chi connectivity index (χ2v) is 3.03. The fourth-order valence-electron chi connectivity index (χ4n) is 1.24. The molecular formula is C12H17NO. The lowest BCUT2D eigenvalue weighted by molar-refractivity contribution is 0.358. The van der Waals surface area contributed by atoms with Gasteiger partial charge in [0, 0.05) is 0 Å². The van der Waals surface area contributed by atoms with Crippen molar-refractivity contribution in [3.63, 3.8) is 0 Å². The zero-order chi connectivity index (χ0) is 10.2.